The lowest BCUT2D eigenvalue weighted by atomic mass is 10.0. The number of benzene rings is 1. The van der Waals surface area contributed by atoms with Gasteiger partial charge in [0.2, 0.25) is 0 Å². The zero-order valence-electron chi connectivity index (χ0n) is 10.5. The zero-order chi connectivity index (χ0) is 12.5. The second kappa shape index (κ2) is 8.67. The fourth-order valence-electron chi connectivity index (χ4n) is 1.96. The van der Waals surface area contributed by atoms with Gasteiger partial charge in [0.1, 0.15) is 0 Å². The van der Waals surface area contributed by atoms with E-state index >= 15 is 0 Å². The van der Waals surface area contributed by atoms with E-state index in [-0.39, 0.29) is 0 Å². The number of rotatable bonds is 8. The normalized spacial score (nSPS) is 12.6. The zero-order valence-corrected chi connectivity index (χ0v) is 12.0. The van der Waals surface area contributed by atoms with Gasteiger partial charge in [0.05, 0.1) is 0 Å². The number of nitrogens with one attached hydrogen (secondary N) is 1. The molecule has 1 unspecified atom stereocenters. The summed E-state index contributed by atoms with van der Waals surface area (Å²) in [5.74, 6) is 0.598. The van der Waals surface area contributed by atoms with Crippen molar-refractivity contribution in [2.24, 2.45) is 5.92 Å². The lowest BCUT2D eigenvalue weighted by Crippen LogP contribution is -2.23. The summed E-state index contributed by atoms with van der Waals surface area (Å²) >= 11 is 3.43. The van der Waals surface area contributed by atoms with E-state index in [0.717, 1.165) is 24.0 Å². The van der Waals surface area contributed by atoms with Crippen LogP contribution in [0.1, 0.15) is 31.7 Å². The van der Waals surface area contributed by atoms with Crippen LogP contribution in [0.25, 0.3) is 0 Å². The SMILES string of the molecule is CCCC(CCO)CNCc1ccc(Br)cc1. The van der Waals surface area contributed by atoms with Crippen LogP contribution < -0.4 is 5.32 Å². The van der Waals surface area contributed by atoms with Gasteiger partial charge in [-0.2, -0.15) is 0 Å². The van der Waals surface area contributed by atoms with E-state index in [4.69, 9.17) is 5.11 Å². The summed E-state index contributed by atoms with van der Waals surface area (Å²) in [5.41, 5.74) is 1.30. The fourth-order valence-corrected chi connectivity index (χ4v) is 2.23. The Hall–Kier alpha value is -0.380. The maximum Gasteiger partial charge on any atom is 0.0434 e. The van der Waals surface area contributed by atoms with Crippen LogP contribution in [-0.2, 0) is 6.54 Å². The van der Waals surface area contributed by atoms with Crippen molar-refractivity contribution >= 4 is 15.9 Å². The first-order chi connectivity index (χ1) is 8.26. The Kier molecular flexibility index (Phi) is 7.49. The first-order valence-electron chi connectivity index (χ1n) is 6.32. The molecule has 0 aromatic heterocycles. The number of halogens is 1. The Morgan fingerprint density at radius 2 is 1.94 bits per heavy atom. The molecule has 0 heterocycles. The minimum Gasteiger partial charge on any atom is -0.396 e. The second-order valence-corrected chi connectivity index (χ2v) is 5.34. The van der Waals surface area contributed by atoms with Crippen molar-refractivity contribution < 1.29 is 5.11 Å². The van der Waals surface area contributed by atoms with Crippen molar-refractivity contribution in [3.8, 4) is 0 Å². The molecular formula is C14H22BrNO. The van der Waals surface area contributed by atoms with Crippen LogP contribution in [0.5, 0.6) is 0 Å². The van der Waals surface area contributed by atoms with Gasteiger partial charge in [-0.1, -0.05) is 41.4 Å². The molecule has 3 heteroatoms. The second-order valence-electron chi connectivity index (χ2n) is 4.42. The quantitative estimate of drug-likeness (QED) is 0.772. The van der Waals surface area contributed by atoms with E-state index in [1.54, 1.807) is 0 Å². The van der Waals surface area contributed by atoms with E-state index in [9.17, 15) is 0 Å². The fraction of sp³-hybridized carbons (Fsp3) is 0.571. The van der Waals surface area contributed by atoms with Crippen LogP contribution in [0.3, 0.4) is 0 Å². The predicted octanol–water partition coefficient (Wildman–Crippen LogP) is 3.34. The molecule has 0 spiro atoms. The van der Waals surface area contributed by atoms with Crippen molar-refractivity contribution in [3.63, 3.8) is 0 Å². The summed E-state index contributed by atoms with van der Waals surface area (Å²) in [6.07, 6.45) is 3.28. The Morgan fingerprint density at radius 3 is 2.53 bits per heavy atom. The summed E-state index contributed by atoms with van der Waals surface area (Å²) in [7, 11) is 0. The largest absolute Gasteiger partial charge is 0.396 e. The molecule has 1 aromatic carbocycles. The summed E-state index contributed by atoms with van der Waals surface area (Å²) in [6, 6.07) is 8.37. The highest BCUT2D eigenvalue weighted by Crippen LogP contribution is 2.12. The molecule has 0 aliphatic carbocycles. The molecule has 1 atom stereocenters. The molecule has 0 bridgehead atoms. The summed E-state index contributed by atoms with van der Waals surface area (Å²) < 4.78 is 1.12. The van der Waals surface area contributed by atoms with E-state index < -0.39 is 0 Å². The van der Waals surface area contributed by atoms with Crippen molar-refractivity contribution in [3.05, 3.63) is 34.3 Å². The van der Waals surface area contributed by atoms with Crippen molar-refractivity contribution in [2.75, 3.05) is 13.2 Å². The summed E-state index contributed by atoms with van der Waals surface area (Å²) in [6.45, 7) is 4.38. The molecule has 2 nitrogen and oxygen atoms in total. The Bertz CT molecular complexity index is 294. The lowest BCUT2D eigenvalue weighted by molar-refractivity contribution is 0.248. The molecule has 0 saturated carbocycles. The van der Waals surface area contributed by atoms with Crippen molar-refractivity contribution in [2.45, 2.75) is 32.7 Å². The van der Waals surface area contributed by atoms with E-state index in [0.29, 0.717) is 12.5 Å². The van der Waals surface area contributed by atoms with Crippen LogP contribution >= 0.6 is 15.9 Å². The highest BCUT2D eigenvalue weighted by Gasteiger charge is 2.06. The van der Waals surface area contributed by atoms with Crippen molar-refractivity contribution in [1.29, 1.82) is 0 Å². The molecule has 0 aliphatic rings. The van der Waals surface area contributed by atoms with Gasteiger partial charge >= 0.3 is 0 Å². The highest BCUT2D eigenvalue weighted by molar-refractivity contribution is 9.10. The first kappa shape index (κ1) is 14.7. The van der Waals surface area contributed by atoms with Crippen LogP contribution in [0.15, 0.2) is 28.7 Å². The molecule has 96 valence electrons. The third-order valence-electron chi connectivity index (χ3n) is 2.91. The van der Waals surface area contributed by atoms with Crippen LogP contribution in [-0.4, -0.2) is 18.3 Å². The van der Waals surface area contributed by atoms with Gasteiger partial charge in [-0.3, -0.25) is 0 Å². The average Bonchev–Trinajstić information content (AvgIpc) is 2.32. The summed E-state index contributed by atoms with van der Waals surface area (Å²) in [4.78, 5) is 0. The third kappa shape index (κ3) is 6.20. The number of aliphatic hydroxyl groups is 1. The monoisotopic (exact) mass is 299 g/mol. The Labute approximate surface area is 113 Å². The molecule has 0 fully saturated rings. The van der Waals surface area contributed by atoms with Gasteiger partial charge in [-0.15, -0.1) is 0 Å². The van der Waals surface area contributed by atoms with Gasteiger partial charge in [-0.05, 0) is 43.0 Å². The topological polar surface area (TPSA) is 32.3 Å². The maximum atomic E-state index is 8.98. The molecule has 17 heavy (non-hydrogen) atoms. The third-order valence-corrected chi connectivity index (χ3v) is 3.44. The van der Waals surface area contributed by atoms with Crippen molar-refractivity contribution in [1.82, 2.24) is 5.32 Å². The van der Waals surface area contributed by atoms with Crippen LogP contribution in [0.4, 0.5) is 0 Å². The Balaban J connectivity index is 2.27. The van der Waals surface area contributed by atoms with Gasteiger partial charge in [0, 0.05) is 17.6 Å². The number of aliphatic hydroxyl groups excluding tert-OH is 1. The summed E-state index contributed by atoms with van der Waals surface area (Å²) in [5, 5.41) is 12.4. The molecular weight excluding hydrogens is 278 g/mol. The number of hydrogen-bond donors (Lipinski definition) is 2. The van der Waals surface area contributed by atoms with E-state index in [1.165, 1.54) is 18.4 Å². The molecule has 1 rings (SSSR count). The van der Waals surface area contributed by atoms with Gasteiger partial charge in [0.15, 0.2) is 0 Å². The van der Waals surface area contributed by atoms with Gasteiger partial charge in [-0.25, -0.2) is 0 Å². The van der Waals surface area contributed by atoms with Gasteiger partial charge < -0.3 is 10.4 Å². The highest BCUT2D eigenvalue weighted by atomic mass is 79.9. The average molecular weight is 300 g/mol. The molecule has 0 aliphatic heterocycles. The van der Waals surface area contributed by atoms with Crippen LogP contribution in [0.2, 0.25) is 0 Å². The first-order valence-corrected chi connectivity index (χ1v) is 7.11. The molecule has 2 N–H and O–H groups in total. The smallest absolute Gasteiger partial charge is 0.0434 e. The van der Waals surface area contributed by atoms with E-state index in [2.05, 4.69) is 52.4 Å². The predicted molar refractivity (Wildman–Crippen MR) is 75.9 cm³/mol. The minimum absolute atomic E-state index is 0.296. The van der Waals surface area contributed by atoms with E-state index in [1.807, 2.05) is 0 Å². The molecule has 0 amide bonds. The standard InChI is InChI=1S/C14H22BrNO/c1-2-3-12(8-9-17)10-16-11-13-4-6-14(15)7-5-13/h4-7,12,16-17H,2-3,8-11H2,1H3. The molecule has 0 saturated heterocycles. The molecule has 1 aromatic rings. The Morgan fingerprint density at radius 1 is 1.24 bits per heavy atom. The molecule has 0 radical (unpaired) electrons. The van der Waals surface area contributed by atoms with Crippen LogP contribution in [0, 0.1) is 5.92 Å². The van der Waals surface area contributed by atoms with Gasteiger partial charge in [0.25, 0.3) is 0 Å². The minimum atomic E-state index is 0.296. The lowest BCUT2D eigenvalue weighted by Gasteiger charge is -2.15. The maximum absolute atomic E-state index is 8.98. The number of hydrogen-bond acceptors (Lipinski definition) is 2.